The number of carboxylic acid groups (broad SMARTS) is 1. The Bertz CT molecular complexity index is 655. The fraction of sp³-hybridized carbons (Fsp3) is 0.214. The number of carbonyl (C=O) groups is 2. The molecule has 0 aliphatic carbocycles. The summed E-state index contributed by atoms with van der Waals surface area (Å²) in [5.41, 5.74) is 3.80. The highest BCUT2D eigenvalue weighted by atomic mass is 32.1. The molecule has 21 heavy (non-hydrogen) atoms. The van der Waals surface area contributed by atoms with Crippen molar-refractivity contribution in [3.8, 4) is 0 Å². The molecule has 0 saturated carbocycles. The molecule has 2 rings (SSSR count). The van der Waals surface area contributed by atoms with Crippen LogP contribution in [0.15, 0.2) is 29.1 Å². The molecular formula is C14H15N3O3S. The molecule has 2 amide bonds. The standard InChI is InChI=1S/C14H15N3O3S/c1-9-3-4-10(5-12(9)13(18)19)16-14(20)17(2)6-11-7-21-8-15-11/h3-5,7-8H,6H2,1-2H3,(H,16,20)(H,18,19). The summed E-state index contributed by atoms with van der Waals surface area (Å²) in [7, 11) is 1.65. The molecule has 0 saturated heterocycles. The highest BCUT2D eigenvalue weighted by molar-refractivity contribution is 7.07. The summed E-state index contributed by atoms with van der Waals surface area (Å²) in [5.74, 6) is -1.01. The van der Waals surface area contributed by atoms with Gasteiger partial charge in [-0.3, -0.25) is 0 Å². The predicted octanol–water partition coefficient (Wildman–Crippen LogP) is 2.81. The van der Waals surface area contributed by atoms with Gasteiger partial charge in [0, 0.05) is 18.1 Å². The first-order valence-corrected chi connectivity index (χ1v) is 7.15. The van der Waals surface area contributed by atoms with Crippen molar-refractivity contribution >= 4 is 29.0 Å². The van der Waals surface area contributed by atoms with Gasteiger partial charge in [-0.15, -0.1) is 11.3 Å². The topological polar surface area (TPSA) is 82.5 Å². The van der Waals surface area contributed by atoms with Crippen molar-refractivity contribution in [3.05, 3.63) is 45.9 Å². The molecule has 6 nitrogen and oxygen atoms in total. The lowest BCUT2D eigenvalue weighted by Gasteiger charge is -2.17. The molecule has 1 aromatic heterocycles. The summed E-state index contributed by atoms with van der Waals surface area (Å²) in [4.78, 5) is 28.7. The van der Waals surface area contributed by atoms with Gasteiger partial charge in [-0.05, 0) is 24.6 Å². The van der Waals surface area contributed by atoms with Crippen LogP contribution in [0.2, 0.25) is 0 Å². The van der Waals surface area contributed by atoms with Crippen LogP contribution < -0.4 is 5.32 Å². The maximum absolute atomic E-state index is 12.0. The van der Waals surface area contributed by atoms with Gasteiger partial charge in [-0.1, -0.05) is 6.07 Å². The minimum atomic E-state index is -1.01. The molecule has 7 heteroatoms. The normalized spacial score (nSPS) is 10.2. The van der Waals surface area contributed by atoms with Gasteiger partial charge in [0.25, 0.3) is 0 Å². The van der Waals surface area contributed by atoms with Crippen LogP contribution in [-0.2, 0) is 6.54 Å². The molecule has 2 aromatic rings. The van der Waals surface area contributed by atoms with E-state index in [1.807, 2.05) is 5.38 Å². The molecule has 0 spiro atoms. The number of aryl methyl sites for hydroxylation is 1. The maximum Gasteiger partial charge on any atom is 0.336 e. The first kappa shape index (κ1) is 15.0. The molecule has 0 unspecified atom stereocenters. The van der Waals surface area contributed by atoms with Crippen LogP contribution in [-0.4, -0.2) is 34.0 Å². The van der Waals surface area contributed by atoms with Gasteiger partial charge in [-0.25, -0.2) is 14.6 Å². The molecule has 0 fully saturated rings. The van der Waals surface area contributed by atoms with Crippen LogP contribution in [0.4, 0.5) is 10.5 Å². The number of hydrogen-bond acceptors (Lipinski definition) is 4. The monoisotopic (exact) mass is 305 g/mol. The molecular weight excluding hydrogens is 290 g/mol. The number of aromatic carboxylic acids is 1. The minimum absolute atomic E-state index is 0.176. The number of aromatic nitrogens is 1. The number of anilines is 1. The molecule has 0 aliphatic heterocycles. The lowest BCUT2D eigenvalue weighted by molar-refractivity contribution is 0.0696. The first-order chi connectivity index (χ1) is 9.97. The van der Waals surface area contributed by atoms with E-state index >= 15 is 0 Å². The Labute approximate surface area is 126 Å². The highest BCUT2D eigenvalue weighted by Gasteiger charge is 2.13. The number of urea groups is 1. The van der Waals surface area contributed by atoms with E-state index in [4.69, 9.17) is 5.11 Å². The maximum atomic E-state index is 12.0. The number of hydrogen-bond donors (Lipinski definition) is 2. The van der Waals surface area contributed by atoms with E-state index in [1.54, 1.807) is 31.6 Å². The van der Waals surface area contributed by atoms with Crippen molar-refractivity contribution in [1.29, 1.82) is 0 Å². The number of benzene rings is 1. The van der Waals surface area contributed by atoms with Crippen LogP contribution in [0.1, 0.15) is 21.6 Å². The number of thiazole rings is 1. The van der Waals surface area contributed by atoms with E-state index < -0.39 is 5.97 Å². The zero-order valence-electron chi connectivity index (χ0n) is 11.7. The molecule has 2 N–H and O–H groups in total. The predicted molar refractivity (Wildman–Crippen MR) is 80.7 cm³/mol. The largest absolute Gasteiger partial charge is 0.478 e. The minimum Gasteiger partial charge on any atom is -0.478 e. The average Bonchev–Trinajstić information content (AvgIpc) is 2.93. The van der Waals surface area contributed by atoms with Crippen LogP contribution in [0.3, 0.4) is 0 Å². The van der Waals surface area contributed by atoms with Gasteiger partial charge in [0.15, 0.2) is 0 Å². The molecule has 1 aromatic carbocycles. The van der Waals surface area contributed by atoms with Gasteiger partial charge in [0.2, 0.25) is 0 Å². The van der Waals surface area contributed by atoms with E-state index in [-0.39, 0.29) is 11.6 Å². The summed E-state index contributed by atoms with van der Waals surface area (Å²) in [6, 6.07) is 4.48. The van der Waals surface area contributed by atoms with Gasteiger partial charge in [-0.2, -0.15) is 0 Å². The molecule has 0 bridgehead atoms. The second kappa shape index (κ2) is 6.36. The van der Waals surface area contributed by atoms with Crippen molar-refractivity contribution in [2.75, 3.05) is 12.4 Å². The average molecular weight is 305 g/mol. The zero-order chi connectivity index (χ0) is 15.4. The summed E-state index contributed by atoms with van der Waals surface area (Å²) in [6.45, 7) is 2.11. The lowest BCUT2D eigenvalue weighted by Crippen LogP contribution is -2.31. The third-order valence-electron chi connectivity index (χ3n) is 2.95. The number of amides is 2. The molecule has 0 aliphatic rings. The number of rotatable bonds is 4. The van der Waals surface area contributed by atoms with Crippen LogP contribution in [0, 0.1) is 6.92 Å². The summed E-state index contributed by atoms with van der Waals surface area (Å²) in [5, 5.41) is 13.6. The van der Waals surface area contributed by atoms with Crippen molar-refractivity contribution in [2.45, 2.75) is 13.5 Å². The number of carboxylic acids is 1. The quantitative estimate of drug-likeness (QED) is 0.910. The van der Waals surface area contributed by atoms with Crippen LogP contribution in [0.25, 0.3) is 0 Å². The van der Waals surface area contributed by atoms with E-state index in [0.29, 0.717) is 17.8 Å². The van der Waals surface area contributed by atoms with Crippen molar-refractivity contribution < 1.29 is 14.7 Å². The lowest BCUT2D eigenvalue weighted by atomic mass is 10.1. The van der Waals surface area contributed by atoms with Crippen molar-refractivity contribution in [2.24, 2.45) is 0 Å². The van der Waals surface area contributed by atoms with Crippen LogP contribution >= 0.6 is 11.3 Å². The number of carbonyl (C=O) groups excluding carboxylic acids is 1. The fourth-order valence-electron chi connectivity index (χ4n) is 1.78. The zero-order valence-corrected chi connectivity index (χ0v) is 12.5. The molecule has 1 heterocycles. The molecule has 0 radical (unpaired) electrons. The van der Waals surface area contributed by atoms with E-state index in [2.05, 4.69) is 10.3 Å². The van der Waals surface area contributed by atoms with Gasteiger partial charge >= 0.3 is 12.0 Å². The van der Waals surface area contributed by atoms with E-state index in [1.165, 1.54) is 22.3 Å². The summed E-state index contributed by atoms with van der Waals surface area (Å²) >= 11 is 1.47. The highest BCUT2D eigenvalue weighted by Crippen LogP contribution is 2.16. The SMILES string of the molecule is Cc1ccc(NC(=O)N(C)Cc2cscn2)cc1C(=O)O. The van der Waals surface area contributed by atoms with E-state index in [9.17, 15) is 9.59 Å². The van der Waals surface area contributed by atoms with Gasteiger partial charge < -0.3 is 15.3 Å². The van der Waals surface area contributed by atoms with Gasteiger partial charge in [0.05, 0.1) is 23.3 Å². The molecule has 0 atom stereocenters. The third-order valence-corrected chi connectivity index (χ3v) is 3.58. The van der Waals surface area contributed by atoms with Gasteiger partial charge in [0.1, 0.15) is 0 Å². The third kappa shape index (κ3) is 3.79. The Kier molecular flexibility index (Phi) is 4.54. The Morgan fingerprint density at radius 2 is 2.19 bits per heavy atom. The molecule has 110 valence electrons. The second-order valence-electron chi connectivity index (χ2n) is 4.60. The second-order valence-corrected chi connectivity index (χ2v) is 5.32. The Morgan fingerprint density at radius 3 is 2.81 bits per heavy atom. The Hall–Kier alpha value is -2.41. The summed E-state index contributed by atoms with van der Waals surface area (Å²) in [6.07, 6.45) is 0. The Balaban J connectivity index is 2.05. The smallest absolute Gasteiger partial charge is 0.336 e. The fourth-order valence-corrected chi connectivity index (χ4v) is 2.33. The van der Waals surface area contributed by atoms with Crippen molar-refractivity contribution in [1.82, 2.24) is 9.88 Å². The Morgan fingerprint density at radius 1 is 1.43 bits per heavy atom. The number of nitrogens with zero attached hydrogens (tertiary/aromatic N) is 2. The van der Waals surface area contributed by atoms with Crippen LogP contribution in [0.5, 0.6) is 0 Å². The summed E-state index contributed by atoms with van der Waals surface area (Å²) < 4.78 is 0. The van der Waals surface area contributed by atoms with Crippen molar-refractivity contribution in [3.63, 3.8) is 0 Å². The first-order valence-electron chi connectivity index (χ1n) is 6.20. The number of nitrogens with one attached hydrogen (secondary N) is 1. The van der Waals surface area contributed by atoms with E-state index in [0.717, 1.165) is 5.69 Å².